The molecule has 0 saturated carbocycles. The standard InChI is InChI=1S/C13H18FNO/c1-2-7-13(10-15-8-9-16-13)11-5-3-4-6-12(11)14/h3-6,15H,2,7-10H2,1H3. The molecule has 3 heteroatoms. The molecular weight excluding hydrogens is 205 g/mol. The maximum absolute atomic E-state index is 13.8. The molecule has 1 saturated heterocycles. The van der Waals surface area contributed by atoms with Crippen molar-refractivity contribution in [2.45, 2.75) is 25.4 Å². The van der Waals surface area contributed by atoms with Crippen LogP contribution in [0.25, 0.3) is 0 Å². The highest BCUT2D eigenvalue weighted by Gasteiger charge is 2.36. The van der Waals surface area contributed by atoms with Crippen molar-refractivity contribution in [3.05, 3.63) is 35.6 Å². The van der Waals surface area contributed by atoms with Crippen molar-refractivity contribution in [3.8, 4) is 0 Å². The molecule has 1 heterocycles. The Morgan fingerprint density at radius 3 is 2.88 bits per heavy atom. The van der Waals surface area contributed by atoms with Crippen LogP contribution >= 0.6 is 0 Å². The van der Waals surface area contributed by atoms with Crippen LogP contribution in [0, 0.1) is 5.82 Å². The number of halogens is 1. The molecule has 1 aromatic carbocycles. The van der Waals surface area contributed by atoms with Crippen molar-refractivity contribution < 1.29 is 9.13 Å². The van der Waals surface area contributed by atoms with E-state index in [0.717, 1.165) is 19.4 Å². The van der Waals surface area contributed by atoms with Gasteiger partial charge in [-0.25, -0.2) is 4.39 Å². The quantitative estimate of drug-likeness (QED) is 0.849. The summed E-state index contributed by atoms with van der Waals surface area (Å²) in [6, 6.07) is 6.92. The van der Waals surface area contributed by atoms with E-state index < -0.39 is 5.60 Å². The summed E-state index contributed by atoms with van der Waals surface area (Å²) in [6.45, 7) is 4.29. The molecule has 0 aromatic heterocycles. The molecule has 0 radical (unpaired) electrons. The first-order chi connectivity index (χ1) is 7.78. The summed E-state index contributed by atoms with van der Waals surface area (Å²) >= 11 is 0. The third-order valence-electron chi connectivity index (χ3n) is 3.09. The molecule has 0 bridgehead atoms. The monoisotopic (exact) mass is 223 g/mol. The third kappa shape index (κ3) is 2.11. The fraction of sp³-hybridized carbons (Fsp3) is 0.538. The lowest BCUT2D eigenvalue weighted by Gasteiger charge is -2.38. The Kier molecular flexibility index (Phi) is 3.56. The Labute approximate surface area is 95.8 Å². The second-order valence-corrected chi connectivity index (χ2v) is 4.25. The van der Waals surface area contributed by atoms with Gasteiger partial charge in [-0.2, -0.15) is 0 Å². The van der Waals surface area contributed by atoms with Gasteiger partial charge in [0.2, 0.25) is 0 Å². The van der Waals surface area contributed by atoms with Crippen molar-refractivity contribution in [3.63, 3.8) is 0 Å². The molecule has 1 aliphatic heterocycles. The van der Waals surface area contributed by atoms with Crippen LogP contribution in [0.1, 0.15) is 25.3 Å². The van der Waals surface area contributed by atoms with Crippen molar-refractivity contribution in [2.75, 3.05) is 19.7 Å². The van der Waals surface area contributed by atoms with E-state index in [-0.39, 0.29) is 5.82 Å². The zero-order valence-electron chi connectivity index (χ0n) is 9.63. The van der Waals surface area contributed by atoms with Crippen LogP contribution < -0.4 is 5.32 Å². The summed E-state index contributed by atoms with van der Waals surface area (Å²) < 4.78 is 19.7. The number of hydrogen-bond donors (Lipinski definition) is 1. The predicted octanol–water partition coefficient (Wildman–Crippen LogP) is 2.44. The SMILES string of the molecule is CCCC1(c2ccccc2F)CNCCO1. The van der Waals surface area contributed by atoms with E-state index in [2.05, 4.69) is 12.2 Å². The molecule has 16 heavy (non-hydrogen) atoms. The Balaban J connectivity index is 2.34. The summed E-state index contributed by atoms with van der Waals surface area (Å²) in [5.74, 6) is -0.167. The smallest absolute Gasteiger partial charge is 0.129 e. The van der Waals surface area contributed by atoms with Crippen LogP contribution in [0.4, 0.5) is 4.39 Å². The number of ether oxygens (including phenoxy) is 1. The summed E-state index contributed by atoms with van der Waals surface area (Å²) in [6.07, 6.45) is 1.83. The van der Waals surface area contributed by atoms with Gasteiger partial charge >= 0.3 is 0 Å². The average Bonchev–Trinajstić information content (AvgIpc) is 2.31. The van der Waals surface area contributed by atoms with Crippen LogP contribution in [0.2, 0.25) is 0 Å². The lowest BCUT2D eigenvalue weighted by molar-refractivity contribution is -0.0792. The number of morpholine rings is 1. The van der Waals surface area contributed by atoms with Crippen LogP contribution in [-0.2, 0) is 10.3 Å². The van der Waals surface area contributed by atoms with E-state index in [1.165, 1.54) is 6.07 Å². The summed E-state index contributed by atoms with van der Waals surface area (Å²) in [5.41, 5.74) is 0.210. The fourth-order valence-electron chi connectivity index (χ4n) is 2.36. The summed E-state index contributed by atoms with van der Waals surface area (Å²) in [4.78, 5) is 0. The topological polar surface area (TPSA) is 21.3 Å². The lowest BCUT2D eigenvalue weighted by atomic mass is 9.87. The number of benzene rings is 1. The minimum Gasteiger partial charge on any atom is -0.368 e. The zero-order valence-corrected chi connectivity index (χ0v) is 9.63. The zero-order chi connectivity index (χ0) is 11.4. The maximum Gasteiger partial charge on any atom is 0.129 e. The molecule has 1 atom stereocenters. The average molecular weight is 223 g/mol. The summed E-state index contributed by atoms with van der Waals surface area (Å²) in [5, 5.41) is 3.29. The van der Waals surface area contributed by atoms with Gasteiger partial charge in [-0.15, -0.1) is 0 Å². The highest BCUT2D eigenvalue weighted by molar-refractivity contribution is 5.25. The first-order valence-electron chi connectivity index (χ1n) is 5.88. The van der Waals surface area contributed by atoms with E-state index in [0.29, 0.717) is 18.7 Å². The predicted molar refractivity (Wildman–Crippen MR) is 61.8 cm³/mol. The Bertz CT molecular complexity index is 342. The molecule has 1 aromatic rings. The van der Waals surface area contributed by atoms with Gasteiger partial charge in [0, 0.05) is 18.7 Å². The molecule has 1 N–H and O–H groups in total. The van der Waals surface area contributed by atoms with Gasteiger partial charge in [0.1, 0.15) is 11.4 Å². The number of rotatable bonds is 3. The first kappa shape index (κ1) is 11.6. The fourth-order valence-corrected chi connectivity index (χ4v) is 2.36. The van der Waals surface area contributed by atoms with Crippen LogP contribution in [0.5, 0.6) is 0 Å². The minimum atomic E-state index is -0.474. The van der Waals surface area contributed by atoms with E-state index >= 15 is 0 Å². The van der Waals surface area contributed by atoms with Gasteiger partial charge in [-0.05, 0) is 12.5 Å². The number of nitrogens with one attached hydrogen (secondary N) is 1. The maximum atomic E-state index is 13.8. The van der Waals surface area contributed by atoms with Crippen molar-refractivity contribution in [1.82, 2.24) is 5.32 Å². The largest absolute Gasteiger partial charge is 0.368 e. The normalized spacial score (nSPS) is 25.6. The molecule has 1 aliphatic rings. The molecule has 0 spiro atoms. The van der Waals surface area contributed by atoms with Crippen molar-refractivity contribution >= 4 is 0 Å². The van der Waals surface area contributed by atoms with Crippen molar-refractivity contribution in [2.24, 2.45) is 0 Å². The summed E-state index contributed by atoms with van der Waals surface area (Å²) in [7, 11) is 0. The Morgan fingerprint density at radius 1 is 1.44 bits per heavy atom. The van der Waals surface area contributed by atoms with Gasteiger partial charge < -0.3 is 10.1 Å². The van der Waals surface area contributed by atoms with Gasteiger partial charge in [0.25, 0.3) is 0 Å². The molecule has 1 fully saturated rings. The minimum absolute atomic E-state index is 0.167. The van der Waals surface area contributed by atoms with Crippen LogP contribution in [0.15, 0.2) is 24.3 Å². The lowest BCUT2D eigenvalue weighted by Crippen LogP contribution is -2.47. The highest BCUT2D eigenvalue weighted by atomic mass is 19.1. The molecule has 1 unspecified atom stereocenters. The second kappa shape index (κ2) is 4.93. The van der Waals surface area contributed by atoms with Crippen molar-refractivity contribution in [1.29, 1.82) is 0 Å². The molecular formula is C13H18FNO. The first-order valence-corrected chi connectivity index (χ1v) is 5.88. The Hall–Kier alpha value is -0.930. The highest BCUT2D eigenvalue weighted by Crippen LogP contribution is 2.33. The van der Waals surface area contributed by atoms with E-state index in [1.807, 2.05) is 12.1 Å². The van der Waals surface area contributed by atoms with E-state index in [1.54, 1.807) is 6.07 Å². The van der Waals surface area contributed by atoms with Gasteiger partial charge in [0.15, 0.2) is 0 Å². The molecule has 2 rings (SSSR count). The molecule has 0 aliphatic carbocycles. The van der Waals surface area contributed by atoms with Gasteiger partial charge in [-0.1, -0.05) is 31.5 Å². The number of hydrogen-bond acceptors (Lipinski definition) is 2. The van der Waals surface area contributed by atoms with Gasteiger partial charge in [-0.3, -0.25) is 0 Å². The molecule has 0 amide bonds. The van der Waals surface area contributed by atoms with E-state index in [4.69, 9.17) is 4.74 Å². The van der Waals surface area contributed by atoms with Crippen LogP contribution in [0.3, 0.4) is 0 Å². The van der Waals surface area contributed by atoms with Gasteiger partial charge in [0.05, 0.1) is 6.61 Å². The Morgan fingerprint density at radius 2 is 2.25 bits per heavy atom. The second-order valence-electron chi connectivity index (χ2n) is 4.25. The van der Waals surface area contributed by atoms with Crippen LogP contribution in [-0.4, -0.2) is 19.7 Å². The molecule has 2 nitrogen and oxygen atoms in total. The molecule has 88 valence electrons. The van der Waals surface area contributed by atoms with E-state index in [9.17, 15) is 4.39 Å². The third-order valence-corrected chi connectivity index (χ3v) is 3.09.